The van der Waals surface area contributed by atoms with Crippen LogP contribution < -0.4 is 0 Å². The van der Waals surface area contributed by atoms with Crippen LogP contribution in [0.1, 0.15) is 71.6 Å². The van der Waals surface area contributed by atoms with Gasteiger partial charge in [-0.2, -0.15) is 0 Å². The normalized spacial score (nSPS) is 20.2. The Balaban J connectivity index is 1.98. The first-order chi connectivity index (χ1) is 14.3. The van der Waals surface area contributed by atoms with E-state index in [0.29, 0.717) is 0 Å². The number of hydrogen-bond donors (Lipinski definition) is 0. The van der Waals surface area contributed by atoms with Crippen LogP contribution in [0.4, 0.5) is 0 Å². The highest BCUT2D eigenvalue weighted by Crippen LogP contribution is 2.76. The van der Waals surface area contributed by atoms with Gasteiger partial charge in [-0.15, -0.1) is 0 Å². The van der Waals surface area contributed by atoms with Crippen LogP contribution in [0.3, 0.4) is 0 Å². The van der Waals surface area contributed by atoms with E-state index >= 15 is 0 Å². The monoisotopic (exact) mass is 428 g/mol. The number of nitrogens with zero attached hydrogens (tertiary/aromatic N) is 1. The van der Waals surface area contributed by atoms with E-state index in [2.05, 4.69) is 109 Å². The van der Waals surface area contributed by atoms with Crippen LogP contribution in [0.2, 0.25) is 13.1 Å². The molecule has 5 rings (SSSR count). The van der Waals surface area contributed by atoms with Crippen LogP contribution in [0.15, 0.2) is 42.5 Å². The molecule has 31 heavy (non-hydrogen) atoms. The van der Waals surface area contributed by atoms with Gasteiger partial charge in [-0.3, -0.25) is 0 Å². The Labute approximate surface area is 190 Å². The van der Waals surface area contributed by atoms with Gasteiger partial charge in [0.25, 0.3) is 0 Å². The lowest BCUT2D eigenvalue weighted by atomic mass is 9.35. The molecule has 0 N–H and O–H groups in total. The van der Waals surface area contributed by atoms with Crippen molar-refractivity contribution < 1.29 is 0 Å². The van der Waals surface area contributed by atoms with E-state index in [1.807, 2.05) is 0 Å². The van der Waals surface area contributed by atoms with Gasteiger partial charge in [0.1, 0.15) is 0 Å². The van der Waals surface area contributed by atoms with Crippen LogP contribution in [0.25, 0.3) is 22.2 Å². The fraction of sp³-hybridized carbons (Fsp3) is 0.517. The van der Waals surface area contributed by atoms with Gasteiger partial charge in [-0.25, -0.2) is 0 Å². The first kappa shape index (κ1) is 21.1. The number of benzene rings is 2. The van der Waals surface area contributed by atoms with Crippen molar-refractivity contribution in [2.24, 2.45) is 10.8 Å². The van der Waals surface area contributed by atoms with Gasteiger partial charge in [0, 0.05) is 28.0 Å². The van der Waals surface area contributed by atoms with Crippen molar-refractivity contribution in [1.82, 2.24) is 4.57 Å². The molecule has 1 spiro atoms. The molecule has 0 bridgehead atoms. The average Bonchev–Trinajstić information content (AvgIpc) is 3.12. The van der Waals surface area contributed by atoms with E-state index in [9.17, 15) is 0 Å². The second kappa shape index (κ2) is 6.16. The van der Waals surface area contributed by atoms with Crippen molar-refractivity contribution in [3.8, 4) is 11.3 Å². The van der Waals surface area contributed by atoms with E-state index in [1.54, 1.807) is 11.1 Å². The molecule has 0 unspecified atom stereocenters. The Kier molecular flexibility index (Phi) is 4.18. The highest BCUT2D eigenvalue weighted by Gasteiger charge is 2.70. The molecule has 2 aliphatic rings. The summed E-state index contributed by atoms with van der Waals surface area (Å²) in [7, 11) is -0.427. The highest BCUT2D eigenvalue weighted by molar-refractivity contribution is 6.54. The van der Waals surface area contributed by atoms with E-state index in [4.69, 9.17) is 0 Å². The molecule has 1 aromatic heterocycles. The molecule has 1 nitrogen and oxygen atoms in total. The molecule has 0 saturated heterocycles. The third-order valence-corrected chi connectivity index (χ3v) is 9.23. The molecular formula is C29H38NSi. The quantitative estimate of drug-likeness (QED) is 0.365. The molecule has 2 aliphatic carbocycles. The highest BCUT2D eigenvalue weighted by atomic mass is 28.3. The van der Waals surface area contributed by atoms with E-state index in [0.717, 1.165) is 6.17 Å². The summed E-state index contributed by atoms with van der Waals surface area (Å²) >= 11 is 0. The first-order valence-electron chi connectivity index (χ1n) is 11.9. The second-order valence-corrected chi connectivity index (χ2v) is 15.5. The van der Waals surface area contributed by atoms with Gasteiger partial charge >= 0.3 is 0 Å². The van der Waals surface area contributed by atoms with Gasteiger partial charge in [-0.1, -0.05) is 91.9 Å². The van der Waals surface area contributed by atoms with Crippen LogP contribution in [0.5, 0.6) is 0 Å². The van der Waals surface area contributed by atoms with Crippen molar-refractivity contribution in [2.75, 3.05) is 0 Å². The molecule has 1 heterocycles. The lowest BCUT2D eigenvalue weighted by Gasteiger charge is -2.67. The lowest BCUT2D eigenvalue weighted by Crippen LogP contribution is -2.63. The molecule has 1 fully saturated rings. The van der Waals surface area contributed by atoms with Gasteiger partial charge in [0.2, 0.25) is 0 Å². The van der Waals surface area contributed by atoms with Gasteiger partial charge < -0.3 is 4.57 Å². The molecule has 3 aromatic rings. The summed E-state index contributed by atoms with van der Waals surface area (Å²) in [5.74, 6) is 0. The van der Waals surface area contributed by atoms with E-state index in [-0.39, 0.29) is 21.7 Å². The molecule has 1 radical (unpaired) electrons. The minimum atomic E-state index is -0.427. The fourth-order valence-corrected chi connectivity index (χ4v) is 8.66. The van der Waals surface area contributed by atoms with Crippen LogP contribution in [-0.4, -0.2) is 13.4 Å². The van der Waals surface area contributed by atoms with Crippen LogP contribution >= 0.6 is 0 Å². The Hall–Kier alpha value is -1.80. The van der Waals surface area contributed by atoms with Crippen LogP contribution in [0, 0.1) is 10.8 Å². The molecule has 163 valence electrons. The Morgan fingerprint density at radius 3 is 2.16 bits per heavy atom. The minimum Gasteiger partial charge on any atom is -0.344 e. The second-order valence-electron chi connectivity index (χ2n) is 12.7. The predicted octanol–water partition coefficient (Wildman–Crippen LogP) is 7.96. The maximum atomic E-state index is 2.70. The summed E-state index contributed by atoms with van der Waals surface area (Å²) < 4.78 is 2.70. The third kappa shape index (κ3) is 2.49. The maximum Gasteiger partial charge on any atom is 0.0661 e. The maximum absolute atomic E-state index is 2.70. The summed E-state index contributed by atoms with van der Waals surface area (Å²) in [5, 5.41) is 1.50. The van der Waals surface area contributed by atoms with Crippen molar-refractivity contribution in [3.05, 3.63) is 59.2 Å². The summed E-state index contributed by atoms with van der Waals surface area (Å²) in [6, 6.07) is 16.7. The van der Waals surface area contributed by atoms with Gasteiger partial charge in [0.05, 0.1) is 14.5 Å². The number of aromatic nitrogens is 1. The zero-order valence-corrected chi connectivity index (χ0v) is 21.9. The van der Waals surface area contributed by atoms with Gasteiger partial charge in [-0.05, 0) is 51.5 Å². The summed E-state index contributed by atoms with van der Waals surface area (Å²) in [6.07, 6.45) is 2.42. The lowest BCUT2D eigenvalue weighted by molar-refractivity contribution is -0.0849. The largest absolute Gasteiger partial charge is 0.344 e. The van der Waals surface area contributed by atoms with Crippen molar-refractivity contribution in [1.29, 1.82) is 0 Å². The summed E-state index contributed by atoms with van der Waals surface area (Å²) in [4.78, 5) is 0. The molecule has 2 heteroatoms. The molecule has 0 aliphatic heterocycles. The van der Waals surface area contributed by atoms with Crippen molar-refractivity contribution in [2.45, 2.75) is 85.0 Å². The topological polar surface area (TPSA) is 4.93 Å². The Morgan fingerprint density at radius 1 is 0.935 bits per heavy atom. The van der Waals surface area contributed by atoms with E-state index < -0.39 is 8.80 Å². The predicted molar refractivity (Wildman–Crippen MR) is 137 cm³/mol. The zero-order chi connectivity index (χ0) is 22.6. The molecule has 1 saturated carbocycles. The molecule has 2 aromatic carbocycles. The average molecular weight is 429 g/mol. The van der Waals surface area contributed by atoms with Gasteiger partial charge in [0.15, 0.2) is 0 Å². The molecular weight excluding hydrogens is 390 g/mol. The van der Waals surface area contributed by atoms with E-state index in [1.165, 1.54) is 34.1 Å². The molecule has 0 atom stereocenters. The number of fused-ring (bicyclic) bond motifs is 7. The third-order valence-electron chi connectivity index (χ3n) is 8.28. The van der Waals surface area contributed by atoms with Crippen LogP contribution in [-0.2, 0) is 17.0 Å². The summed E-state index contributed by atoms with van der Waals surface area (Å²) in [6.45, 7) is 21.9. The zero-order valence-electron chi connectivity index (χ0n) is 20.9. The van der Waals surface area contributed by atoms with Crippen molar-refractivity contribution >= 4 is 19.7 Å². The molecule has 0 amide bonds. The number of hydrogen-bond acceptors (Lipinski definition) is 0. The van der Waals surface area contributed by atoms with Crippen molar-refractivity contribution in [3.63, 3.8) is 0 Å². The Morgan fingerprint density at radius 2 is 1.58 bits per heavy atom. The first-order valence-corrected chi connectivity index (χ1v) is 14.6. The minimum absolute atomic E-state index is 0.0698. The SMILES string of the molecule is C[Si](C)Cn1c2c(c3cc(C(C)(C)C)ccc31)C1(c3ccccc3-2)C(C)(C)CC1(C)C. The fourth-order valence-electron chi connectivity index (χ4n) is 7.70. The summed E-state index contributed by atoms with van der Waals surface area (Å²) in [5.41, 5.74) is 9.77. The Bertz CT molecular complexity index is 1190. The number of rotatable bonds is 2. The standard InChI is InChI=1S/C29H38NSi/c1-26(2,3)19-14-15-23-21(16-19)24-25(30(23)18-31(8)9)20-12-10-11-13-22(20)29(24)27(4,5)17-28(29,6)7/h10-16H,17-18H2,1-9H3. The smallest absolute Gasteiger partial charge is 0.0661 e.